The van der Waals surface area contributed by atoms with E-state index >= 15 is 0 Å². The number of carboxylic acid groups (broad SMARTS) is 1. The number of aromatic carboxylic acids is 1. The lowest BCUT2D eigenvalue weighted by molar-refractivity contribution is 0.0702. The fourth-order valence-corrected chi connectivity index (χ4v) is 4.93. The summed E-state index contributed by atoms with van der Waals surface area (Å²) in [5.74, 6) is 1.06. The molecular formula is C11H16N2O4S3. The van der Waals surface area contributed by atoms with Crippen LogP contribution in [0.25, 0.3) is 0 Å². The molecule has 20 heavy (non-hydrogen) atoms. The van der Waals surface area contributed by atoms with Crippen LogP contribution in [-0.4, -0.2) is 62.1 Å². The van der Waals surface area contributed by atoms with E-state index in [1.807, 2.05) is 11.8 Å². The van der Waals surface area contributed by atoms with Crippen LogP contribution in [0.3, 0.4) is 0 Å². The predicted molar refractivity (Wildman–Crippen MR) is 80.2 cm³/mol. The number of rotatable bonds is 6. The van der Waals surface area contributed by atoms with Gasteiger partial charge in [0.15, 0.2) is 0 Å². The first kappa shape index (κ1) is 15.8. The Kier molecular flexibility index (Phi) is 5.44. The fraction of sp³-hybridized carbons (Fsp3) is 0.545. The summed E-state index contributed by atoms with van der Waals surface area (Å²) in [6, 6.07) is 1.19. The molecule has 1 aromatic rings. The molecule has 2 rings (SSSR count). The second-order valence-corrected chi connectivity index (χ2v) is 8.21. The highest BCUT2D eigenvalue weighted by Gasteiger charge is 2.18. The Morgan fingerprint density at radius 3 is 2.70 bits per heavy atom. The minimum Gasteiger partial charge on any atom is -0.477 e. The smallest absolute Gasteiger partial charge is 0.345 e. The van der Waals surface area contributed by atoms with E-state index in [1.54, 1.807) is 0 Å². The van der Waals surface area contributed by atoms with Crippen LogP contribution in [0.4, 0.5) is 0 Å². The molecule has 1 saturated heterocycles. The lowest BCUT2D eigenvalue weighted by atomic mass is 10.5. The average molecular weight is 336 g/mol. The first-order valence-electron chi connectivity index (χ1n) is 6.10. The lowest BCUT2D eigenvalue weighted by Crippen LogP contribution is -2.39. The maximum absolute atomic E-state index is 12.0. The monoisotopic (exact) mass is 336 g/mol. The van der Waals surface area contributed by atoms with Crippen molar-refractivity contribution in [1.82, 2.24) is 9.62 Å². The van der Waals surface area contributed by atoms with Gasteiger partial charge >= 0.3 is 5.97 Å². The Balaban J connectivity index is 1.88. The molecule has 1 aliphatic heterocycles. The lowest BCUT2D eigenvalue weighted by Gasteiger charge is -2.25. The minimum absolute atomic E-state index is 0.0223. The van der Waals surface area contributed by atoms with E-state index in [-0.39, 0.29) is 9.77 Å². The molecule has 2 heterocycles. The van der Waals surface area contributed by atoms with Gasteiger partial charge < -0.3 is 10.0 Å². The molecule has 1 fully saturated rings. The highest BCUT2D eigenvalue weighted by molar-refractivity contribution is 7.99. The van der Waals surface area contributed by atoms with Gasteiger partial charge in [-0.15, -0.1) is 11.3 Å². The number of carboxylic acids is 1. The average Bonchev–Trinajstić information content (AvgIpc) is 2.90. The third-order valence-electron chi connectivity index (χ3n) is 2.92. The van der Waals surface area contributed by atoms with Crippen molar-refractivity contribution in [3.8, 4) is 0 Å². The summed E-state index contributed by atoms with van der Waals surface area (Å²) in [6.07, 6.45) is 0. The van der Waals surface area contributed by atoms with Crippen molar-refractivity contribution >= 4 is 39.1 Å². The standard InChI is InChI=1S/C11H16N2O4S3/c14-11(15)10-7-9(8-19-10)20(16,17)12-1-2-13-3-5-18-6-4-13/h7-8,12H,1-6H2,(H,14,15). The van der Waals surface area contributed by atoms with Crippen molar-refractivity contribution in [3.05, 3.63) is 16.3 Å². The third kappa shape index (κ3) is 4.19. The molecule has 0 bridgehead atoms. The SMILES string of the molecule is O=C(O)c1cc(S(=O)(=O)NCCN2CCSCC2)cs1. The second-order valence-electron chi connectivity index (χ2n) is 4.30. The van der Waals surface area contributed by atoms with E-state index in [0.717, 1.165) is 35.9 Å². The van der Waals surface area contributed by atoms with Gasteiger partial charge in [0, 0.05) is 43.1 Å². The largest absolute Gasteiger partial charge is 0.477 e. The molecule has 2 N–H and O–H groups in total. The summed E-state index contributed by atoms with van der Waals surface area (Å²) in [7, 11) is -3.61. The number of carbonyl (C=O) groups is 1. The number of thioether (sulfide) groups is 1. The molecule has 0 radical (unpaired) electrons. The minimum atomic E-state index is -3.61. The Hall–Kier alpha value is -0.610. The van der Waals surface area contributed by atoms with E-state index in [1.165, 1.54) is 11.4 Å². The summed E-state index contributed by atoms with van der Waals surface area (Å²) >= 11 is 2.82. The molecule has 112 valence electrons. The molecule has 0 saturated carbocycles. The van der Waals surface area contributed by atoms with E-state index in [0.29, 0.717) is 13.1 Å². The zero-order valence-corrected chi connectivity index (χ0v) is 13.2. The number of nitrogens with one attached hydrogen (secondary N) is 1. The third-order valence-corrected chi connectivity index (χ3v) is 6.37. The van der Waals surface area contributed by atoms with Gasteiger partial charge in [-0.1, -0.05) is 0 Å². The van der Waals surface area contributed by atoms with Crippen LogP contribution in [-0.2, 0) is 10.0 Å². The highest BCUT2D eigenvalue weighted by Crippen LogP contribution is 2.19. The zero-order valence-electron chi connectivity index (χ0n) is 10.7. The molecule has 1 aliphatic rings. The molecule has 9 heteroatoms. The normalized spacial score (nSPS) is 17.2. The number of thiophene rings is 1. The Morgan fingerprint density at radius 1 is 1.40 bits per heavy atom. The molecule has 0 spiro atoms. The molecule has 0 amide bonds. The number of hydrogen-bond donors (Lipinski definition) is 2. The van der Waals surface area contributed by atoms with Gasteiger partial charge in [0.25, 0.3) is 0 Å². The molecular weight excluding hydrogens is 320 g/mol. The van der Waals surface area contributed by atoms with Crippen LogP contribution < -0.4 is 4.72 Å². The molecule has 0 aromatic carbocycles. The van der Waals surface area contributed by atoms with Crippen molar-refractivity contribution < 1.29 is 18.3 Å². The van der Waals surface area contributed by atoms with Crippen molar-refractivity contribution in [2.45, 2.75) is 4.90 Å². The number of sulfonamides is 1. The summed E-state index contributed by atoms with van der Waals surface area (Å²) < 4.78 is 26.5. The maximum Gasteiger partial charge on any atom is 0.345 e. The Labute approximate surface area is 126 Å². The van der Waals surface area contributed by atoms with E-state index in [9.17, 15) is 13.2 Å². The number of hydrogen-bond acceptors (Lipinski definition) is 6. The quantitative estimate of drug-likeness (QED) is 0.798. The maximum atomic E-state index is 12.0. The van der Waals surface area contributed by atoms with Gasteiger partial charge in [0.2, 0.25) is 10.0 Å². The zero-order chi connectivity index (χ0) is 14.6. The molecule has 0 aliphatic carbocycles. The van der Waals surface area contributed by atoms with Gasteiger partial charge in [-0.3, -0.25) is 0 Å². The van der Waals surface area contributed by atoms with Crippen molar-refractivity contribution in [3.63, 3.8) is 0 Å². The van der Waals surface area contributed by atoms with Crippen molar-refractivity contribution in [2.75, 3.05) is 37.7 Å². The van der Waals surface area contributed by atoms with E-state index in [4.69, 9.17) is 5.11 Å². The van der Waals surface area contributed by atoms with Crippen LogP contribution in [0, 0.1) is 0 Å². The van der Waals surface area contributed by atoms with Gasteiger partial charge in [-0.25, -0.2) is 17.9 Å². The van der Waals surface area contributed by atoms with Crippen LogP contribution in [0.15, 0.2) is 16.3 Å². The first-order valence-corrected chi connectivity index (χ1v) is 9.62. The van der Waals surface area contributed by atoms with Gasteiger partial charge in [0.1, 0.15) is 4.88 Å². The predicted octanol–water partition coefficient (Wildman–Crippen LogP) is 0.773. The van der Waals surface area contributed by atoms with Crippen LogP contribution in [0.1, 0.15) is 9.67 Å². The summed E-state index contributed by atoms with van der Waals surface area (Å²) in [5.41, 5.74) is 0. The Bertz CT molecular complexity index is 564. The highest BCUT2D eigenvalue weighted by atomic mass is 32.2. The van der Waals surface area contributed by atoms with Crippen LogP contribution >= 0.6 is 23.1 Å². The molecule has 1 aromatic heterocycles. The molecule has 6 nitrogen and oxygen atoms in total. The van der Waals surface area contributed by atoms with Gasteiger partial charge in [-0.05, 0) is 6.07 Å². The van der Waals surface area contributed by atoms with Gasteiger partial charge in [-0.2, -0.15) is 11.8 Å². The summed E-state index contributed by atoms with van der Waals surface area (Å²) in [5, 5.41) is 10.1. The van der Waals surface area contributed by atoms with Crippen molar-refractivity contribution in [2.24, 2.45) is 0 Å². The Morgan fingerprint density at radius 2 is 2.10 bits per heavy atom. The van der Waals surface area contributed by atoms with Crippen LogP contribution in [0.2, 0.25) is 0 Å². The second kappa shape index (κ2) is 6.90. The summed E-state index contributed by atoms with van der Waals surface area (Å²) in [4.78, 5) is 13.0. The van der Waals surface area contributed by atoms with Gasteiger partial charge in [0.05, 0.1) is 4.90 Å². The number of nitrogens with zero attached hydrogens (tertiary/aromatic N) is 1. The van der Waals surface area contributed by atoms with E-state index in [2.05, 4.69) is 9.62 Å². The molecule has 0 unspecified atom stereocenters. The van der Waals surface area contributed by atoms with Crippen molar-refractivity contribution in [1.29, 1.82) is 0 Å². The first-order chi connectivity index (χ1) is 9.49. The summed E-state index contributed by atoms with van der Waals surface area (Å²) in [6.45, 7) is 2.98. The fourth-order valence-electron chi connectivity index (χ4n) is 1.82. The molecule has 0 atom stereocenters. The van der Waals surface area contributed by atoms with Crippen LogP contribution in [0.5, 0.6) is 0 Å². The van der Waals surface area contributed by atoms with E-state index < -0.39 is 16.0 Å². The topological polar surface area (TPSA) is 86.7 Å².